The number of ether oxygens (including phenoxy) is 1. The highest BCUT2D eigenvalue weighted by Crippen LogP contribution is 2.52. The average Bonchev–Trinajstić information content (AvgIpc) is 3.09. The van der Waals surface area contributed by atoms with Crippen molar-refractivity contribution >= 4 is 6.08 Å². The van der Waals surface area contributed by atoms with Crippen molar-refractivity contribution in [2.75, 3.05) is 0 Å². The summed E-state index contributed by atoms with van der Waals surface area (Å²) in [6, 6.07) is 6.08. The van der Waals surface area contributed by atoms with Crippen molar-refractivity contribution in [3.63, 3.8) is 0 Å². The molecule has 1 aromatic rings. The molecule has 1 saturated carbocycles. The summed E-state index contributed by atoms with van der Waals surface area (Å²) in [6.07, 6.45) is 5.95. The van der Waals surface area contributed by atoms with Crippen molar-refractivity contribution < 1.29 is 9.53 Å². The number of hydrogen-bond acceptors (Lipinski definition) is 3. The Balaban J connectivity index is 2.07. The van der Waals surface area contributed by atoms with Gasteiger partial charge in [0.1, 0.15) is 5.75 Å². The van der Waals surface area contributed by atoms with Crippen LogP contribution in [0, 0.1) is 0 Å². The quantitative estimate of drug-likeness (QED) is 0.577. The van der Waals surface area contributed by atoms with Crippen LogP contribution in [0.1, 0.15) is 37.3 Å². The second kappa shape index (κ2) is 3.71. The predicted molar refractivity (Wildman–Crippen MR) is 63.9 cm³/mol. The van der Waals surface area contributed by atoms with E-state index in [0.29, 0.717) is 0 Å². The Morgan fingerprint density at radius 2 is 2.29 bits per heavy atom. The molecule has 0 bridgehead atoms. The molecule has 17 heavy (non-hydrogen) atoms. The van der Waals surface area contributed by atoms with Crippen molar-refractivity contribution in [1.29, 1.82) is 0 Å². The second-order valence-electron chi connectivity index (χ2n) is 4.98. The maximum atomic E-state index is 10.5. The summed E-state index contributed by atoms with van der Waals surface area (Å²) in [6.45, 7) is 2.09. The van der Waals surface area contributed by atoms with Gasteiger partial charge in [-0.05, 0) is 49.8 Å². The van der Waals surface area contributed by atoms with Crippen molar-refractivity contribution in [2.45, 2.75) is 44.2 Å². The molecule has 0 amide bonds. The molecule has 0 aromatic heterocycles. The van der Waals surface area contributed by atoms with E-state index in [-0.39, 0.29) is 11.6 Å². The molecule has 3 nitrogen and oxygen atoms in total. The number of fused-ring (bicyclic) bond motifs is 1. The molecule has 1 unspecified atom stereocenters. The van der Waals surface area contributed by atoms with Crippen LogP contribution in [0.2, 0.25) is 0 Å². The first-order valence-corrected chi connectivity index (χ1v) is 6.13. The van der Waals surface area contributed by atoms with E-state index in [1.54, 1.807) is 6.08 Å². The van der Waals surface area contributed by atoms with Crippen LogP contribution in [-0.4, -0.2) is 12.2 Å². The number of nitrogens with zero attached hydrogens (tertiary/aromatic N) is 1. The number of aliphatic imine (C=N–C) groups is 1. The van der Waals surface area contributed by atoms with Gasteiger partial charge in [0.25, 0.3) is 0 Å². The van der Waals surface area contributed by atoms with E-state index in [9.17, 15) is 4.79 Å². The molecule has 0 saturated heterocycles. The fourth-order valence-corrected chi connectivity index (χ4v) is 2.64. The zero-order valence-corrected chi connectivity index (χ0v) is 9.90. The lowest BCUT2D eigenvalue weighted by molar-refractivity contribution is 0.191. The predicted octanol–water partition coefficient (Wildman–Crippen LogP) is 2.73. The Labute approximate surface area is 101 Å². The number of isocyanates is 1. The van der Waals surface area contributed by atoms with Crippen molar-refractivity contribution in [1.82, 2.24) is 0 Å². The van der Waals surface area contributed by atoms with Crippen LogP contribution in [0.25, 0.3) is 0 Å². The van der Waals surface area contributed by atoms with E-state index in [4.69, 9.17) is 4.74 Å². The second-order valence-corrected chi connectivity index (χ2v) is 4.98. The maximum Gasteiger partial charge on any atom is 0.235 e. The van der Waals surface area contributed by atoms with Crippen LogP contribution in [0.15, 0.2) is 23.2 Å². The van der Waals surface area contributed by atoms with E-state index in [2.05, 4.69) is 18.0 Å². The summed E-state index contributed by atoms with van der Waals surface area (Å²) in [5.41, 5.74) is 2.13. The van der Waals surface area contributed by atoms with Gasteiger partial charge in [-0.25, -0.2) is 4.79 Å². The van der Waals surface area contributed by atoms with Gasteiger partial charge in [0.05, 0.1) is 11.6 Å². The maximum absolute atomic E-state index is 10.5. The summed E-state index contributed by atoms with van der Waals surface area (Å²) in [4.78, 5) is 14.5. The van der Waals surface area contributed by atoms with Crippen LogP contribution in [0.5, 0.6) is 5.75 Å². The Bertz CT molecular complexity index is 499. The fraction of sp³-hybridized carbons (Fsp3) is 0.500. The largest absolute Gasteiger partial charge is 0.490 e. The normalized spacial score (nSPS) is 24.2. The summed E-state index contributed by atoms with van der Waals surface area (Å²) >= 11 is 0. The molecule has 0 spiro atoms. The standard InChI is InChI=1S/C14H15NO2/c1-10-5-6-11-12(3-2-4-13(11)17-10)14(7-8-14)15-9-16/h2-4,10H,5-8H2,1H3. The monoisotopic (exact) mass is 229 g/mol. The van der Waals surface area contributed by atoms with E-state index < -0.39 is 0 Å². The number of carbonyl (C=O) groups excluding carboxylic acids is 1. The lowest BCUT2D eigenvalue weighted by atomic mass is 9.92. The molecule has 0 N–H and O–H groups in total. The zero-order valence-electron chi connectivity index (χ0n) is 9.90. The Morgan fingerprint density at radius 1 is 1.47 bits per heavy atom. The van der Waals surface area contributed by atoms with E-state index >= 15 is 0 Å². The van der Waals surface area contributed by atoms with E-state index in [1.807, 2.05) is 12.1 Å². The van der Waals surface area contributed by atoms with Gasteiger partial charge in [0.15, 0.2) is 0 Å². The molecule has 1 aliphatic heterocycles. The van der Waals surface area contributed by atoms with Gasteiger partial charge in [-0.1, -0.05) is 12.1 Å². The summed E-state index contributed by atoms with van der Waals surface area (Å²) in [7, 11) is 0. The highest BCUT2D eigenvalue weighted by Gasteiger charge is 2.46. The zero-order chi connectivity index (χ0) is 11.9. The van der Waals surface area contributed by atoms with Gasteiger partial charge in [-0.15, -0.1) is 0 Å². The smallest absolute Gasteiger partial charge is 0.235 e. The highest BCUT2D eigenvalue weighted by atomic mass is 16.5. The fourth-order valence-electron chi connectivity index (χ4n) is 2.64. The van der Waals surface area contributed by atoms with Gasteiger partial charge < -0.3 is 4.74 Å². The molecule has 1 aliphatic carbocycles. The molecular weight excluding hydrogens is 214 g/mol. The first kappa shape index (κ1) is 10.5. The summed E-state index contributed by atoms with van der Waals surface area (Å²) in [5, 5.41) is 0. The Hall–Kier alpha value is -1.60. The van der Waals surface area contributed by atoms with Gasteiger partial charge in [0, 0.05) is 0 Å². The molecule has 1 atom stereocenters. The van der Waals surface area contributed by atoms with Gasteiger partial charge in [0.2, 0.25) is 6.08 Å². The molecule has 1 aromatic carbocycles. The molecule has 1 heterocycles. The van der Waals surface area contributed by atoms with Crippen LogP contribution < -0.4 is 4.74 Å². The van der Waals surface area contributed by atoms with Gasteiger partial charge in [-0.3, -0.25) is 0 Å². The van der Waals surface area contributed by atoms with E-state index in [1.165, 1.54) is 11.1 Å². The minimum atomic E-state index is -0.281. The Kier molecular flexibility index (Phi) is 2.30. The first-order valence-electron chi connectivity index (χ1n) is 6.13. The molecule has 1 fully saturated rings. The molecule has 3 heteroatoms. The van der Waals surface area contributed by atoms with Crippen LogP contribution >= 0.6 is 0 Å². The Morgan fingerprint density at radius 3 is 3.00 bits per heavy atom. The minimum absolute atomic E-state index is 0.280. The molecule has 0 radical (unpaired) electrons. The molecule has 88 valence electrons. The summed E-state index contributed by atoms with van der Waals surface area (Å²) < 4.78 is 5.83. The molecular formula is C14H15NO2. The third kappa shape index (κ3) is 1.67. The third-order valence-corrected chi connectivity index (χ3v) is 3.75. The van der Waals surface area contributed by atoms with Gasteiger partial charge in [-0.2, -0.15) is 4.99 Å². The minimum Gasteiger partial charge on any atom is -0.490 e. The first-order chi connectivity index (χ1) is 8.25. The van der Waals surface area contributed by atoms with Gasteiger partial charge >= 0.3 is 0 Å². The lowest BCUT2D eigenvalue weighted by Crippen LogP contribution is -2.21. The topological polar surface area (TPSA) is 38.7 Å². The van der Waals surface area contributed by atoms with Crippen LogP contribution in [-0.2, 0) is 16.8 Å². The van der Waals surface area contributed by atoms with Crippen molar-refractivity contribution in [2.24, 2.45) is 4.99 Å². The van der Waals surface area contributed by atoms with Crippen LogP contribution in [0.3, 0.4) is 0 Å². The number of rotatable bonds is 2. The third-order valence-electron chi connectivity index (χ3n) is 3.75. The number of benzene rings is 1. The van der Waals surface area contributed by atoms with Crippen molar-refractivity contribution in [3.8, 4) is 5.75 Å². The highest BCUT2D eigenvalue weighted by molar-refractivity contribution is 5.50. The average molecular weight is 229 g/mol. The molecule has 2 aliphatic rings. The number of hydrogen-bond donors (Lipinski definition) is 0. The summed E-state index contributed by atoms with van der Waals surface area (Å²) in [5.74, 6) is 0.966. The van der Waals surface area contributed by atoms with E-state index in [0.717, 1.165) is 31.4 Å². The van der Waals surface area contributed by atoms with Crippen molar-refractivity contribution in [3.05, 3.63) is 29.3 Å². The lowest BCUT2D eigenvalue weighted by Gasteiger charge is -2.26. The van der Waals surface area contributed by atoms with Crippen LogP contribution in [0.4, 0.5) is 0 Å². The molecule has 3 rings (SSSR count). The SMILES string of the molecule is CC1CCc2c(cccc2C2(N=C=O)CC2)O1.